The topological polar surface area (TPSA) is 334 Å². The molecule has 2 saturated heterocycles. The number of allylic oxidation sites excluding steroid dienone is 4. The van der Waals surface area contributed by atoms with Crippen molar-refractivity contribution in [2.24, 2.45) is 22.7 Å². The summed E-state index contributed by atoms with van der Waals surface area (Å²) in [4.78, 5) is 123. The van der Waals surface area contributed by atoms with Gasteiger partial charge in [0.2, 0.25) is 55.5 Å². The number of anilines is 3. The molecule has 4 aromatic carbocycles. The third-order valence-electron chi connectivity index (χ3n) is 24.9. The van der Waals surface area contributed by atoms with Crippen LogP contribution in [0.15, 0.2) is 144 Å². The highest BCUT2D eigenvalue weighted by Gasteiger charge is 2.65. The number of Topliss-reactive ketones (excluding diaryl/α,β-unsaturated/α-hetero) is 2. The summed E-state index contributed by atoms with van der Waals surface area (Å²) in [7, 11) is -6.27. The van der Waals surface area contributed by atoms with Gasteiger partial charge in [0, 0.05) is 72.1 Å². The fraction of sp³-hybridized carbons (Fsp3) is 0.472. The first-order valence-electron chi connectivity index (χ1n) is 41.2. The van der Waals surface area contributed by atoms with Crippen molar-refractivity contribution in [3.63, 3.8) is 0 Å². The maximum absolute atomic E-state index is 15.1. The average Bonchev–Trinajstić information content (AvgIpc) is 1.57. The van der Waals surface area contributed by atoms with Crippen LogP contribution in [0.5, 0.6) is 17.4 Å². The minimum atomic E-state index is -3.96. The minimum Gasteiger partial charge on any atom is -0.496 e. The zero-order valence-corrected chi connectivity index (χ0v) is 70.9. The van der Waals surface area contributed by atoms with Gasteiger partial charge >= 0.3 is 0 Å². The second-order valence-electron chi connectivity index (χ2n) is 34.0. The summed E-state index contributed by atoms with van der Waals surface area (Å²) in [5.74, 6) is -1.45. The lowest BCUT2D eigenvalue weighted by Gasteiger charge is -2.30. The molecule has 8 heterocycles. The molecule has 8 aliphatic rings. The predicted molar refractivity (Wildman–Crippen MR) is 456 cm³/mol. The van der Waals surface area contributed by atoms with E-state index in [4.69, 9.17) is 34.1 Å². The van der Waals surface area contributed by atoms with Crippen LogP contribution >= 0.6 is 22.7 Å². The lowest BCUT2D eigenvalue weighted by atomic mass is 9.91. The van der Waals surface area contributed by atoms with Crippen LogP contribution in [0.2, 0.25) is 0 Å². The van der Waals surface area contributed by atoms with Crippen molar-refractivity contribution in [3.05, 3.63) is 156 Å². The number of benzene rings is 4. The molecule has 4 aliphatic heterocycles. The minimum absolute atomic E-state index is 0.0905. The van der Waals surface area contributed by atoms with Gasteiger partial charge in [-0.05, 0) is 188 Å². The van der Waals surface area contributed by atoms with Gasteiger partial charge in [0.15, 0.2) is 11.6 Å². The molecule has 5 amide bonds. The van der Waals surface area contributed by atoms with Gasteiger partial charge in [-0.2, -0.15) is 0 Å². The van der Waals surface area contributed by atoms with Gasteiger partial charge in [0.1, 0.15) is 52.2 Å². The molecule has 16 rings (SSSR count). The summed E-state index contributed by atoms with van der Waals surface area (Å²) in [5, 5.41) is 15.1. The van der Waals surface area contributed by atoms with Crippen LogP contribution in [-0.4, -0.2) is 154 Å². The van der Waals surface area contributed by atoms with Crippen molar-refractivity contribution in [3.8, 4) is 38.7 Å². The number of thiophene rings is 1. The number of carbonyl (C=O) groups excluding carboxylic acids is 7. The van der Waals surface area contributed by atoms with Crippen LogP contribution < -0.4 is 39.6 Å². The lowest BCUT2D eigenvalue weighted by molar-refractivity contribution is -0.140. The van der Waals surface area contributed by atoms with Crippen molar-refractivity contribution >= 4 is 123 Å². The Balaban J connectivity index is 0.000000187. The number of hydrogen-bond donors (Lipinski definition) is 5. The number of ether oxygens (including phenoxy) is 3. The van der Waals surface area contributed by atoms with E-state index >= 15 is 4.79 Å². The normalized spacial score (nSPS) is 26.2. The molecule has 5 N–H and O–H groups in total. The van der Waals surface area contributed by atoms with E-state index in [1.54, 1.807) is 55.0 Å². The Labute approximate surface area is 696 Å². The number of thiazole rings is 1. The predicted octanol–water partition coefficient (Wildman–Crippen LogP) is 14.7. The van der Waals surface area contributed by atoms with Gasteiger partial charge in [-0.15, -0.1) is 22.7 Å². The highest BCUT2D eigenvalue weighted by molar-refractivity contribution is 7.92. The van der Waals surface area contributed by atoms with Gasteiger partial charge < -0.3 is 40.0 Å². The molecule has 10 atom stereocenters. The number of aromatic nitrogens is 4. The van der Waals surface area contributed by atoms with Gasteiger partial charge in [0.05, 0.1) is 79.7 Å². The largest absolute Gasteiger partial charge is 0.496 e. The number of pyridine rings is 1. The van der Waals surface area contributed by atoms with E-state index in [9.17, 15) is 45.6 Å². The van der Waals surface area contributed by atoms with Crippen molar-refractivity contribution in [2.45, 2.75) is 222 Å². The Morgan fingerprint density at radius 2 is 1.13 bits per heavy atom. The molecule has 118 heavy (non-hydrogen) atoms. The Bertz CT molecular complexity index is 5460. The number of ketones is 2. The number of carbonyl (C=O) groups is 7. The summed E-state index contributed by atoms with van der Waals surface area (Å²) >= 11 is 3.02. The molecule has 4 aromatic heterocycles. The van der Waals surface area contributed by atoms with E-state index in [0.717, 1.165) is 89.1 Å². The first-order chi connectivity index (χ1) is 56.6. The standard InChI is InChI=1S/C48H58N6O8S2.C41H45N5O6S2/c1-28(2)38-27-63-44(52-38)37-23-42(35-18-19-41(61-6)29(3)43(35)51-37)62-34-22-39-40(56)25-48(46(58)53-64(59,60)47(5)20-21-47)24-31(48)12-10-8-7-9-11-13-36(45(57)54(39)26-34)50-33-16-14-32(15-17-33)49-30(4)55;1-40(20-21-40)54(50,51)45-39(49)41-24-27(41)13-6-3-2-4-9-18-32(42-28-14-7-5-8-15-28)38(48)46-26-29(23-33(46)34(47)25-41)52-37-36(35-19-12-22-53-35)43-30-16-10-11-17-31(30)44-37/h10,12,14-19,23,27-28,31,34,36,39,50H,7-9,11,13,20-22,24-26H2,1-6H3,(H,49,55)(H,53,58);5-8,10-17,19,22,27,29,32-33,42H,2-4,9,18,20-21,23-26H2,1H3,(H,45,49)/b12-10-;13-6-/t31-,34-,36+,39+,48-;27-,29-,32+,33+,41-/m11/s1. The molecule has 0 spiro atoms. The zero-order chi connectivity index (χ0) is 83.1. The summed E-state index contributed by atoms with van der Waals surface area (Å²) < 4.78 is 75.1. The van der Waals surface area contributed by atoms with E-state index in [-0.39, 0.29) is 85.8 Å². The first kappa shape index (κ1) is 83.1. The van der Waals surface area contributed by atoms with Crippen LogP contribution in [0.4, 0.5) is 17.1 Å². The van der Waals surface area contributed by atoms with Crippen molar-refractivity contribution in [1.82, 2.24) is 39.2 Å². The molecular formula is C89H103N11O14S4. The molecule has 0 bridgehead atoms. The lowest BCUT2D eigenvalue weighted by Crippen LogP contribution is -2.49. The molecule has 4 aliphatic carbocycles. The van der Waals surface area contributed by atoms with Gasteiger partial charge in [-0.1, -0.05) is 100 Å². The van der Waals surface area contributed by atoms with Crippen LogP contribution in [0.25, 0.3) is 43.2 Å². The van der Waals surface area contributed by atoms with E-state index in [1.165, 1.54) is 29.6 Å². The van der Waals surface area contributed by atoms with Crippen LogP contribution in [0, 0.1) is 29.6 Å². The van der Waals surface area contributed by atoms with Crippen LogP contribution in [0.3, 0.4) is 0 Å². The number of nitrogens with one attached hydrogen (secondary N) is 5. The van der Waals surface area contributed by atoms with E-state index in [0.29, 0.717) is 103 Å². The molecular weight excluding hydrogens is 1580 g/mol. The second kappa shape index (κ2) is 34.0. The highest BCUT2D eigenvalue weighted by Crippen LogP contribution is 2.59. The van der Waals surface area contributed by atoms with E-state index in [1.807, 2.05) is 127 Å². The second-order valence-corrected chi connectivity index (χ2v) is 40.2. The number of methoxy groups -OCH3 is 1. The molecule has 25 nitrogen and oxygen atoms in total. The quantitative estimate of drug-likeness (QED) is 0.0470. The molecule has 4 saturated carbocycles. The fourth-order valence-electron chi connectivity index (χ4n) is 16.8. The molecule has 622 valence electrons. The van der Waals surface area contributed by atoms with Crippen molar-refractivity contribution < 1.29 is 64.6 Å². The number of rotatable bonds is 19. The third kappa shape index (κ3) is 17.8. The summed E-state index contributed by atoms with van der Waals surface area (Å²) in [6.07, 6.45) is 17.0. The van der Waals surface area contributed by atoms with Gasteiger partial charge in [0.25, 0.3) is 0 Å². The first-order valence-corrected chi connectivity index (χ1v) is 46.0. The smallest absolute Gasteiger partial charge is 0.245 e. The van der Waals surface area contributed by atoms with Crippen molar-refractivity contribution in [1.29, 1.82) is 0 Å². The molecule has 8 aromatic rings. The van der Waals surface area contributed by atoms with Crippen LogP contribution in [0.1, 0.15) is 180 Å². The highest BCUT2D eigenvalue weighted by atomic mass is 32.2. The third-order valence-corrected chi connectivity index (χ3v) is 31.0. The molecule has 0 unspecified atom stereocenters. The molecule has 6 fully saturated rings. The Morgan fingerprint density at radius 3 is 1.64 bits per heavy atom. The summed E-state index contributed by atoms with van der Waals surface area (Å²) in [6.45, 7) is 11.0. The molecule has 0 radical (unpaired) electrons. The Kier molecular flexibility index (Phi) is 24.0. The van der Waals surface area contributed by atoms with E-state index in [2.05, 4.69) is 39.2 Å². The number of hydrogen-bond acceptors (Lipinski definition) is 22. The number of aryl methyl sites for hydroxylation is 1. The number of amides is 5. The monoisotopic (exact) mass is 1680 g/mol. The SMILES string of the molecule is CC1(S(=O)(=O)NC(=O)[C@]23CC(=O)[C@@H]4C[C@@H](Oc5nc6ccccc6nc5-c5cccs5)CN4C(=O)[C@@H](Nc4ccccc4)CCCCC/C=C\[C@@H]2C3)CC1.COc1ccc2c(O[C@@H]3C[C@H]4C(=O)C[C@]5(C(=O)NS(=O)(=O)C6(C)CC6)C[C@H]5/C=C\CCCCC[C@H](Nc5ccc(NC(C)=O)cc5)C(=O)N4C3)cc(-c3nc(C(C)C)cs3)nc2c1C. The number of para-hydroxylation sites is 3. The Morgan fingerprint density at radius 1 is 0.593 bits per heavy atom. The van der Waals surface area contributed by atoms with Gasteiger partial charge in [-0.3, -0.25) is 43.0 Å². The van der Waals surface area contributed by atoms with Crippen molar-refractivity contribution in [2.75, 3.05) is 36.1 Å². The summed E-state index contributed by atoms with van der Waals surface area (Å²) in [5.41, 5.74) is 4.69. The fourth-order valence-corrected chi connectivity index (χ4v) is 21.1. The summed E-state index contributed by atoms with van der Waals surface area (Å²) in [6, 6.07) is 30.6. The van der Waals surface area contributed by atoms with Crippen LogP contribution in [-0.2, 0) is 53.6 Å². The number of fused-ring (bicyclic) bond motifs is 6. The maximum atomic E-state index is 15.1. The van der Waals surface area contributed by atoms with E-state index < -0.39 is 88.6 Å². The maximum Gasteiger partial charge on any atom is 0.245 e. The number of nitrogens with zero attached hydrogens (tertiary/aromatic N) is 6. The van der Waals surface area contributed by atoms with Gasteiger partial charge in [-0.25, -0.2) is 36.8 Å². The zero-order valence-electron chi connectivity index (χ0n) is 67.6. The Hall–Kier alpha value is -9.97. The molecule has 29 heteroatoms. The average molecular weight is 1680 g/mol. The number of sulfonamides is 2.